The number of nitrogen functional groups attached to an aromatic ring is 1. The Hall–Kier alpha value is -0.930. The highest BCUT2D eigenvalue weighted by molar-refractivity contribution is 6.33. The van der Waals surface area contributed by atoms with Crippen LogP contribution in [0, 0.1) is 5.92 Å². The third-order valence-corrected chi connectivity index (χ3v) is 3.78. The summed E-state index contributed by atoms with van der Waals surface area (Å²) in [7, 11) is 0. The van der Waals surface area contributed by atoms with Crippen molar-refractivity contribution in [2.75, 3.05) is 37.2 Å². The molecule has 3 N–H and O–H groups in total. The van der Waals surface area contributed by atoms with Gasteiger partial charge in [0.05, 0.1) is 16.4 Å². The zero-order chi connectivity index (χ0) is 12.3. The van der Waals surface area contributed by atoms with Gasteiger partial charge in [0.1, 0.15) is 0 Å². The molecule has 4 heteroatoms. The van der Waals surface area contributed by atoms with E-state index < -0.39 is 0 Å². The van der Waals surface area contributed by atoms with Crippen molar-refractivity contribution in [1.29, 1.82) is 0 Å². The molecule has 0 bridgehead atoms. The molecule has 1 aliphatic heterocycles. The van der Waals surface area contributed by atoms with Crippen LogP contribution in [0.3, 0.4) is 0 Å². The van der Waals surface area contributed by atoms with E-state index in [2.05, 4.69) is 17.1 Å². The monoisotopic (exact) mass is 253 g/mol. The fourth-order valence-corrected chi connectivity index (χ4v) is 2.49. The lowest BCUT2D eigenvalue weighted by atomic mass is 10.1. The van der Waals surface area contributed by atoms with Gasteiger partial charge in [-0.05, 0) is 37.6 Å². The van der Waals surface area contributed by atoms with Crippen LogP contribution in [-0.2, 0) is 0 Å². The number of rotatable bonds is 4. The van der Waals surface area contributed by atoms with Gasteiger partial charge >= 0.3 is 0 Å². The van der Waals surface area contributed by atoms with Crippen molar-refractivity contribution < 1.29 is 0 Å². The Kier molecular flexibility index (Phi) is 4.13. The number of nitrogens with zero attached hydrogens (tertiary/aromatic N) is 1. The third-order valence-electron chi connectivity index (χ3n) is 3.45. The summed E-state index contributed by atoms with van der Waals surface area (Å²) in [6.07, 6.45) is 1.27. The molecule has 0 amide bonds. The molecular formula is C13H20ClN3. The molecule has 0 saturated carbocycles. The molecular weight excluding hydrogens is 234 g/mol. The maximum atomic E-state index is 5.98. The van der Waals surface area contributed by atoms with Gasteiger partial charge in [0.2, 0.25) is 0 Å². The number of likely N-dealkylation sites (tertiary alicyclic amines) is 1. The third kappa shape index (κ3) is 3.05. The lowest BCUT2D eigenvalue weighted by molar-refractivity contribution is 0.345. The maximum Gasteiger partial charge on any atom is 0.0739 e. The number of nitrogens with one attached hydrogen (secondary N) is 1. The van der Waals surface area contributed by atoms with Crippen molar-refractivity contribution in [3.63, 3.8) is 0 Å². The van der Waals surface area contributed by atoms with Crippen molar-refractivity contribution in [3.05, 3.63) is 23.2 Å². The Morgan fingerprint density at radius 1 is 1.53 bits per heavy atom. The highest BCUT2D eigenvalue weighted by Crippen LogP contribution is 2.27. The van der Waals surface area contributed by atoms with Crippen molar-refractivity contribution in [2.24, 2.45) is 5.92 Å². The predicted molar refractivity (Wildman–Crippen MR) is 74.6 cm³/mol. The average molecular weight is 254 g/mol. The topological polar surface area (TPSA) is 41.3 Å². The molecule has 94 valence electrons. The highest BCUT2D eigenvalue weighted by Gasteiger charge is 2.20. The Morgan fingerprint density at radius 2 is 2.35 bits per heavy atom. The van der Waals surface area contributed by atoms with E-state index in [9.17, 15) is 0 Å². The Labute approximate surface area is 108 Å². The Morgan fingerprint density at radius 3 is 3.06 bits per heavy atom. The van der Waals surface area contributed by atoms with Gasteiger partial charge in [-0.1, -0.05) is 24.6 Å². The summed E-state index contributed by atoms with van der Waals surface area (Å²) in [5.41, 5.74) is 7.52. The number of benzene rings is 1. The number of hydrogen-bond acceptors (Lipinski definition) is 3. The molecule has 1 aliphatic rings. The van der Waals surface area contributed by atoms with Crippen LogP contribution in [0.5, 0.6) is 0 Å². The summed E-state index contributed by atoms with van der Waals surface area (Å²) in [6.45, 7) is 6.74. The number of hydrogen-bond donors (Lipinski definition) is 2. The minimum absolute atomic E-state index is 0.622. The van der Waals surface area contributed by atoms with Crippen LogP contribution in [0.4, 0.5) is 11.4 Å². The summed E-state index contributed by atoms with van der Waals surface area (Å²) < 4.78 is 0. The van der Waals surface area contributed by atoms with Crippen LogP contribution in [0.2, 0.25) is 5.02 Å². The molecule has 1 unspecified atom stereocenters. The van der Waals surface area contributed by atoms with Gasteiger partial charge < -0.3 is 16.0 Å². The fraction of sp³-hybridized carbons (Fsp3) is 0.538. The van der Waals surface area contributed by atoms with Crippen LogP contribution in [0.1, 0.15) is 13.3 Å². The van der Waals surface area contributed by atoms with Gasteiger partial charge in [-0.2, -0.15) is 0 Å². The first-order chi connectivity index (χ1) is 8.20. The lowest BCUT2D eigenvalue weighted by Gasteiger charge is -2.15. The lowest BCUT2D eigenvalue weighted by Crippen LogP contribution is -2.22. The Balaban J connectivity index is 1.88. The average Bonchev–Trinajstić information content (AvgIpc) is 2.79. The summed E-state index contributed by atoms with van der Waals surface area (Å²) in [5.74, 6) is 0.716. The first kappa shape index (κ1) is 12.5. The van der Waals surface area contributed by atoms with Gasteiger partial charge in [0.15, 0.2) is 0 Å². The smallest absolute Gasteiger partial charge is 0.0739 e. The van der Waals surface area contributed by atoms with Gasteiger partial charge in [-0.3, -0.25) is 0 Å². The SMILES string of the molecule is CCN1CCC(CNc2cccc(Cl)c2N)C1. The van der Waals surface area contributed by atoms with E-state index in [1.165, 1.54) is 19.5 Å². The molecule has 1 atom stereocenters. The molecule has 0 aliphatic carbocycles. The summed E-state index contributed by atoms with van der Waals surface area (Å²) in [6, 6.07) is 5.72. The molecule has 1 heterocycles. The minimum atomic E-state index is 0.622. The van der Waals surface area contributed by atoms with Gasteiger partial charge in [-0.25, -0.2) is 0 Å². The van der Waals surface area contributed by atoms with E-state index in [0.29, 0.717) is 16.6 Å². The van der Waals surface area contributed by atoms with Crippen LogP contribution < -0.4 is 11.1 Å². The summed E-state index contributed by atoms with van der Waals surface area (Å²) in [4.78, 5) is 2.48. The molecule has 0 aromatic heterocycles. The van der Waals surface area contributed by atoms with E-state index in [-0.39, 0.29) is 0 Å². The molecule has 3 nitrogen and oxygen atoms in total. The minimum Gasteiger partial charge on any atom is -0.396 e. The second kappa shape index (κ2) is 5.61. The normalized spacial score (nSPS) is 20.7. The molecule has 1 saturated heterocycles. The maximum absolute atomic E-state index is 5.98. The summed E-state index contributed by atoms with van der Waals surface area (Å²) >= 11 is 5.98. The van der Waals surface area contributed by atoms with Crippen LogP contribution in [0.15, 0.2) is 18.2 Å². The largest absolute Gasteiger partial charge is 0.396 e. The van der Waals surface area contributed by atoms with Crippen LogP contribution in [0.25, 0.3) is 0 Å². The summed E-state index contributed by atoms with van der Waals surface area (Å²) in [5, 5.41) is 4.03. The Bertz CT molecular complexity index is 381. The van der Waals surface area contributed by atoms with E-state index in [0.717, 1.165) is 18.8 Å². The first-order valence-electron chi connectivity index (χ1n) is 6.21. The molecule has 1 aromatic rings. The molecule has 17 heavy (non-hydrogen) atoms. The standard InChI is InChI=1S/C13H20ClN3/c1-2-17-7-6-10(9-17)8-16-12-5-3-4-11(14)13(12)15/h3-5,10,16H,2,6-9,15H2,1H3. The molecule has 1 fully saturated rings. The van der Waals surface area contributed by atoms with Crippen molar-refractivity contribution in [1.82, 2.24) is 4.90 Å². The molecule has 1 aromatic carbocycles. The van der Waals surface area contributed by atoms with Crippen molar-refractivity contribution in [3.8, 4) is 0 Å². The molecule has 0 spiro atoms. The number of halogens is 1. The van der Waals surface area contributed by atoms with Gasteiger partial charge in [0, 0.05) is 13.1 Å². The zero-order valence-corrected chi connectivity index (χ0v) is 11.0. The van der Waals surface area contributed by atoms with E-state index in [1.54, 1.807) is 0 Å². The van der Waals surface area contributed by atoms with Gasteiger partial charge in [0.25, 0.3) is 0 Å². The predicted octanol–water partition coefficient (Wildman–Crippen LogP) is 2.68. The van der Waals surface area contributed by atoms with E-state index >= 15 is 0 Å². The quantitative estimate of drug-likeness (QED) is 0.811. The zero-order valence-electron chi connectivity index (χ0n) is 10.2. The van der Waals surface area contributed by atoms with Crippen molar-refractivity contribution in [2.45, 2.75) is 13.3 Å². The van der Waals surface area contributed by atoms with E-state index in [4.69, 9.17) is 17.3 Å². The van der Waals surface area contributed by atoms with Gasteiger partial charge in [-0.15, -0.1) is 0 Å². The molecule has 2 rings (SSSR count). The van der Waals surface area contributed by atoms with E-state index in [1.807, 2.05) is 18.2 Å². The van der Waals surface area contributed by atoms with Crippen LogP contribution in [-0.4, -0.2) is 31.1 Å². The van der Waals surface area contributed by atoms with Crippen molar-refractivity contribution >= 4 is 23.0 Å². The van der Waals surface area contributed by atoms with Crippen LogP contribution >= 0.6 is 11.6 Å². The number of nitrogens with two attached hydrogens (primary N) is 1. The second-order valence-corrected chi connectivity index (χ2v) is 5.04. The number of para-hydroxylation sites is 1. The second-order valence-electron chi connectivity index (χ2n) is 4.63. The fourth-order valence-electron chi connectivity index (χ4n) is 2.31. The highest BCUT2D eigenvalue weighted by atomic mass is 35.5. The first-order valence-corrected chi connectivity index (χ1v) is 6.58. The number of anilines is 2. The molecule has 0 radical (unpaired) electrons.